The molecule has 0 atom stereocenters. The summed E-state index contributed by atoms with van der Waals surface area (Å²) < 4.78 is 4.49. The van der Waals surface area contributed by atoms with Crippen molar-refractivity contribution in [3.05, 3.63) is 23.5 Å². The highest BCUT2D eigenvalue weighted by atomic mass is 35.5. The summed E-state index contributed by atoms with van der Waals surface area (Å²) in [6.45, 7) is 0.484. The number of carbonyl (C=O) groups excluding carboxylic acids is 1. The molecule has 14 heavy (non-hydrogen) atoms. The summed E-state index contributed by atoms with van der Waals surface area (Å²) in [5.41, 5.74) is 0.720. The second-order valence-electron chi connectivity index (χ2n) is 2.59. The van der Waals surface area contributed by atoms with Gasteiger partial charge < -0.3 is 10.1 Å². The number of carbonyl (C=O) groups is 1. The van der Waals surface area contributed by atoms with Crippen LogP contribution in [-0.4, -0.2) is 24.6 Å². The van der Waals surface area contributed by atoms with E-state index >= 15 is 0 Å². The van der Waals surface area contributed by atoms with E-state index in [1.54, 1.807) is 18.3 Å². The van der Waals surface area contributed by atoms with Gasteiger partial charge in [0.25, 0.3) is 0 Å². The quantitative estimate of drug-likeness (QED) is 0.613. The lowest BCUT2D eigenvalue weighted by Crippen LogP contribution is -2.09. The molecule has 1 heterocycles. The Morgan fingerprint density at radius 1 is 1.71 bits per heavy atom. The van der Waals surface area contributed by atoms with Gasteiger partial charge in [0.15, 0.2) is 5.15 Å². The standard InChI is InChI=1S/C9H11ClN2O2/c1-14-8(13)4-6-11-7-3-2-5-12-9(7)10/h2-3,5,11H,4,6H2,1H3. The molecule has 0 bridgehead atoms. The maximum absolute atomic E-state index is 10.8. The summed E-state index contributed by atoms with van der Waals surface area (Å²) >= 11 is 5.78. The normalized spacial score (nSPS) is 9.57. The largest absolute Gasteiger partial charge is 0.469 e. The molecule has 0 unspecified atom stereocenters. The molecule has 0 saturated carbocycles. The molecule has 1 aromatic rings. The Bertz CT molecular complexity index is 317. The number of nitrogens with one attached hydrogen (secondary N) is 1. The molecule has 0 radical (unpaired) electrons. The maximum atomic E-state index is 10.8. The van der Waals surface area contributed by atoms with Gasteiger partial charge in [-0.1, -0.05) is 11.6 Å². The number of rotatable bonds is 4. The van der Waals surface area contributed by atoms with E-state index in [1.807, 2.05) is 0 Å². The van der Waals surface area contributed by atoms with Crippen LogP contribution in [0.15, 0.2) is 18.3 Å². The van der Waals surface area contributed by atoms with E-state index in [4.69, 9.17) is 11.6 Å². The Balaban J connectivity index is 2.39. The molecule has 5 heteroatoms. The second kappa shape index (κ2) is 5.44. The van der Waals surface area contributed by atoms with Crippen LogP contribution < -0.4 is 5.32 Å². The third-order valence-electron chi connectivity index (χ3n) is 1.63. The van der Waals surface area contributed by atoms with E-state index in [9.17, 15) is 4.79 Å². The van der Waals surface area contributed by atoms with E-state index < -0.39 is 0 Å². The first-order chi connectivity index (χ1) is 6.74. The number of methoxy groups -OCH3 is 1. The van der Waals surface area contributed by atoms with Crippen LogP contribution >= 0.6 is 11.6 Å². The lowest BCUT2D eigenvalue weighted by atomic mass is 10.4. The molecule has 1 rings (SSSR count). The minimum Gasteiger partial charge on any atom is -0.469 e. The minimum absolute atomic E-state index is 0.252. The Hall–Kier alpha value is -1.29. The number of hydrogen-bond donors (Lipinski definition) is 1. The zero-order valence-corrected chi connectivity index (χ0v) is 8.54. The van der Waals surface area contributed by atoms with Crippen LogP contribution in [0.3, 0.4) is 0 Å². The van der Waals surface area contributed by atoms with Crippen molar-refractivity contribution in [1.29, 1.82) is 0 Å². The summed E-state index contributed by atoms with van der Waals surface area (Å²) in [5.74, 6) is -0.252. The van der Waals surface area contributed by atoms with Gasteiger partial charge in [-0.15, -0.1) is 0 Å². The molecule has 4 nitrogen and oxygen atoms in total. The van der Waals surface area contributed by atoms with E-state index in [1.165, 1.54) is 7.11 Å². The van der Waals surface area contributed by atoms with Gasteiger partial charge in [0.2, 0.25) is 0 Å². The van der Waals surface area contributed by atoms with Crippen LogP contribution in [0.2, 0.25) is 5.15 Å². The van der Waals surface area contributed by atoms with Crippen molar-refractivity contribution in [3.8, 4) is 0 Å². The number of hydrogen-bond acceptors (Lipinski definition) is 4. The van der Waals surface area contributed by atoms with Gasteiger partial charge >= 0.3 is 5.97 Å². The molecular formula is C9H11ClN2O2. The zero-order chi connectivity index (χ0) is 10.4. The molecule has 0 saturated heterocycles. The Kier molecular flexibility index (Phi) is 4.19. The minimum atomic E-state index is -0.252. The van der Waals surface area contributed by atoms with Crippen LogP contribution in [0.5, 0.6) is 0 Å². The first-order valence-corrected chi connectivity index (χ1v) is 4.53. The predicted octanol–water partition coefficient (Wildman–Crippen LogP) is 1.71. The predicted molar refractivity (Wildman–Crippen MR) is 54.4 cm³/mol. The SMILES string of the molecule is COC(=O)CCNc1cccnc1Cl. The molecule has 1 aromatic heterocycles. The van der Waals surface area contributed by atoms with Gasteiger partial charge in [-0.3, -0.25) is 4.79 Å². The number of anilines is 1. The Morgan fingerprint density at radius 2 is 2.50 bits per heavy atom. The van der Waals surface area contributed by atoms with Gasteiger partial charge in [-0.05, 0) is 12.1 Å². The number of pyridine rings is 1. The van der Waals surface area contributed by atoms with Crippen molar-refractivity contribution in [2.45, 2.75) is 6.42 Å². The molecule has 0 spiro atoms. The topological polar surface area (TPSA) is 51.2 Å². The Morgan fingerprint density at radius 3 is 3.14 bits per heavy atom. The molecule has 0 fully saturated rings. The first kappa shape index (κ1) is 10.8. The van der Waals surface area contributed by atoms with Crippen molar-refractivity contribution in [2.75, 3.05) is 19.0 Å². The van der Waals surface area contributed by atoms with E-state index in [2.05, 4.69) is 15.0 Å². The van der Waals surface area contributed by atoms with Crippen molar-refractivity contribution >= 4 is 23.3 Å². The summed E-state index contributed by atoms with van der Waals surface area (Å²) in [5, 5.41) is 3.38. The average Bonchev–Trinajstić information content (AvgIpc) is 2.20. The van der Waals surface area contributed by atoms with Crippen molar-refractivity contribution in [1.82, 2.24) is 4.98 Å². The smallest absolute Gasteiger partial charge is 0.307 e. The monoisotopic (exact) mass is 214 g/mol. The van der Waals surface area contributed by atoms with Crippen LogP contribution in [-0.2, 0) is 9.53 Å². The molecule has 0 amide bonds. The number of ether oxygens (including phenoxy) is 1. The maximum Gasteiger partial charge on any atom is 0.307 e. The van der Waals surface area contributed by atoms with E-state index in [-0.39, 0.29) is 5.97 Å². The Labute approximate surface area is 87.2 Å². The number of nitrogens with zero attached hydrogens (tertiary/aromatic N) is 1. The molecule has 0 aliphatic carbocycles. The second-order valence-corrected chi connectivity index (χ2v) is 2.95. The van der Waals surface area contributed by atoms with Crippen LogP contribution in [0.4, 0.5) is 5.69 Å². The summed E-state index contributed by atoms with van der Waals surface area (Å²) in [4.78, 5) is 14.7. The van der Waals surface area contributed by atoms with Gasteiger partial charge in [0.05, 0.1) is 19.2 Å². The third-order valence-corrected chi connectivity index (χ3v) is 1.93. The lowest BCUT2D eigenvalue weighted by Gasteiger charge is -2.05. The van der Waals surface area contributed by atoms with E-state index in [0.717, 1.165) is 5.69 Å². The van der Waals surface area contributed by atoms with Crippen LogP contribution in [0.25, 0.3) is 0 Å². The van der Waals surface area contributed by atoms with Gasteiger partial charge in [0, 0.05) is 12.7 Å². The van der Waals surface area contributed by atoms with Gasteiger partial charge in [0.1, 0.15) is 0 Å². The molecule has 0 aliphatic heterocycles. The molecule has 0 aromatic carbocycles. The third kappa shape index (κ3) is 3.22. The summed E-state index contributed by atoms with van der Waals surface area (Å²) in [7, 11) is 1.36. The first-order valence-electron chi connectivity index (χ1n) is 4.15. The van der Waals surface area contributed by atoms with Crippen molar-refractivity contribution < 1.29 is 9.53 Å². The molecular weight excluding hydrogens is 204 g/mol. The lowest BCUT2D eigenvalue weighted by molar-refractivity contribution is -0.140. The highest BCUT2D eigenvalue weighted by Gasteiger charge is 2.01. The zero-order valence-electron chi connectivity index (χ0n) is 7.79. The summed E-state index contributed by atoms with van der Waals surface area (Å²) in [6.07, 6.45) is 1.91. The fraction of sp³-hybridized carbons (Fsp3) is 0.333. The van der Waals surface area contributed by atoms with Crippen molar-refractivity contribution in [2.24, 2.45) is 0 Å². The van der Waals surface area contributed by atoms with Crippen LogP contribution in [0, 0.1) is 0 Å². The fourth-order valence-corrected chi connectivity index (χ4v) is 1.11. The summed E-state index contributed by atoms with van der Waals surface area (Å²) in [6, 6.07) is 3.57. The molecule has 76 valence electrons. The fourth-order valence-electron chi connectivity index (χ4n) is 0.919. The van der Waals surface area contributed by atoms with Gasteiger partial charge in [-0.25, -0.2) is 4.98 Å². The number of halogens is 1. The van der Waals surface area contributed by atoms with E-state index in [0.29, 0.717) is 18.1 Å². The number of aromatic nitrogens is 1. The van der Waals surface area contributed by atoms with Crippen molar-refractivity contribution in [3.63, 3.8) is 0 Å². The van der Waals surface area contributed by atoms with Gasteiger partial charge in [-0.2, -0.15) is 0 Å². The number of esters is 1. The highest BCUT2D eigenvalue weighted by molar-refractivity contribution is 6.31. The molecule has 0 aliphatic rings. The van der Waals surface area contributed by atoms with Crippen LogP contribution in [0.1, 0.15) is 6.42 Å². The average molecular weight is 215 g/mol. The highest BCUT2D eigenvalue weighted by Crippen LogP contribution is 2.16. The molecule has 1 N–H and O–H groups in total.